The van der Waals surface area contributed by atoms with Gasteiger partial charge >= 0.3 is 6.03 Å². The zero-order chi connectivity index (χ0) is 34.0. The summed E-state index contributed by atoms with van der Waals surface area (Å²) in [5, 5.41) is 27.3. The number of phenols is 1. The molecular formula is C30H40N8O7. The Morgan fingerprint density at radius 3 is 2.24 bits per heavy atom. The molecule has 0 aliphatic heterocycles. The number of rotatable bonds is 7. The van der Waals surface area contributed by atoms with Gasteiger partial charge in [-0.3, -0.25) is 28.9 Å². The molecule has 6 atom stereocenters. The van der Waals surface area contributed by atoms with Crippen molar-refractivity contribution < 1.29 is 33.9 Å². The van der Waals surface area contributed by atoms with Gasteiger partial charge in [0, 0.05) is 44.0 Å². The van der Waals surface area contributed by atoms with Gasteiger partial charge in [0.05, 0.1) is 23.2 Å². The number of fused-ring (bicyclic) bond motifs is 3. The average Bonchev–Trinajstić information content (AvgIpc) is 2.90. The molecule has 45 heavy (non-hydrogen) atoms. The zero-order valence-corrected chi connectivity index (χ0v) is 26.2. The number of urea groups is 1. The van der Waals surface area contributed by atoms with Crippen LogP contribution in [0.1, 0.15) is 41.8 Å². The van der Waals surface area contributed by atoms with E-state index in [0.29, 0.717) is 17.8 Å². The van der Waals surface area contributed by atoms with Crippen molar-refractivity contribution in [1.29, 1.82) is 5.26 Å². The van der Waals surface area contributed by atoms with Crippen molar-refractivity contribution in [3.05, 3.63) is 22.8 Å². The molecule has 1 aromatic rings. The number of ketones is 4. The molecule has 3 aliphatic rings. The molecule has 15 heteroatoms. The van der Waals surface area contributed by atoms with Gasteiger partial charge in [-0.2, -0.15) is 5.26 Å². The predicted molar refractivity (Wildman–Crippen MR) is 161 cm³/mol. The third kappa shape index (κ3) is 4.75. The van der Waals surface area contributed by atoms with Crippen LogP contribution in [0.5, 0.6) is 5.75 Å². The maximum atomic E-state index is 14.5. The van der Waals surface area contributed by atoms with Crippen LogP contribution in [0.15, 0.2) is 6.07 Å². The van der Waals surface area contributed by atoms with Crippen molar-refractivity contribution in [3.63, 3.8) is 0 Å². The Hall–Kier alpha value is -4.39. The second-order valence-electron chi connectivity index (χ2n) is 13.2. The first-order valence-corrected chi connectivity index (χ1v) is 14.5. The minimum Gasteiger partial charge on any atom is -0.507 e. The molecule has 4 rings (SSSR count). The van der Waals surface area contributed by atoms with Crippen LogP contribution in [-0.2, 0) is 32.1 Å². The second kappa shape index (κ2) is 11.2. The SMILES string of the molecule is CC(C)CNC(=O)NCc1cc(N(C)C)c2c(c1O)C(=O)C1C(=O)[C@]3(C#N)C(=O)C(C(N)=O)C(=O)[C@@H](N(C)C)[C@]3(N)C[C@]1(N)C2. The summed E-state index contributed by atoms with van der Waals surface area (Å²) in [5.41, 5.74) is 13.0. The number of benzene rings is 1. The molecular weight excluding hydrogens is 584 g/mol. The second-order valence-corrected chi connectivity index (χ2v) is 13.2. The number of primary amides is 1. The molecule has 2 unspecified atom stereocenters. The Morgan fingerprint density at radius 2 is 1.73 bits per heavy atom. The van der Waals surface area contributed by atoms with E-state index in [1.54, 1.807) is 31.1 Å². The Bertz CT molecular complexity index is 1570. The summed E-state index contributed by atoms with van der Waals surface area (Å²) in [7, 11) is 6.27. The fourth-order valence-electron chi connectivity index (χ4n) is 7.38. The number of anilines is 1. The number of aromatic hydroxyl groups is 1. The summed E-state index contributed by atoms with van der Waals surface area (Å²) in [5.74, 6) is -10.2. The first kappa shape index (κ1) is 33.5. The number of likely N-dealkylation sites (N-methyl/N-ethyl adjacent to an activating group) is 1. The molecule has 2 fully saturated rings. The maximum absolute atomic E-state index is 14.5. The first-order valence-electron chi connectivity index (χ1n) is 14.5. The maximum Gasteiger partial charge on any atom is 0.315 e. The van der Waals surface area contributed by atoms with Crippen molar-refractivity contribution in [1.82, 2.24) is 15.5 Å². The molecule has 1 aromatic carbocycles. The van der Waals surface area contributed by atoms with Gasteiger partial charge in [-0.15, -0.1) is 0 Å². The van der Waals surface area contributed by atoms with Crippen molar-refractivity contribution in [2.45, 2.75) is 50.4 Å². The lowest BCUT2D eigenvalue weighted by atomic mass is 9.42. The Labute approximate surface area is 260 Å². The van der Waals surface area contributed by atoms with Gasteiger partial charge in [-0.1, -0.05) is 13.8 Å². The van der Waals surface area contributed by atoms with Crippen LogP contribution in [0.2, 0.25) is 0 Å². The summed E-state index contributed by atoms with van der Waals surface area (Å²) in [6, 6.07) is 1.29. The lowest BCUT2D eigenvalue weighted by molar-refractivity contribution is -0.166. The van der Waals surface area contributed by atoms with Gasteiger partial charge < -0.3 is 37.8 Å². The van der Waals surface area contributed by atoms with Crippen molar-refractivity contribution in [2.24, 2.45) is 40.4 Å². The highest BCUT2D eigenvalue weighted by molar-refractivity contribution is 6.33. The molecule has 2 saturated carbocycles. The number of hydrogen-bond donors (Lipinski definition) is 6. The highest BCUT2D eigenvalue weighted by Gasteiger charge is 2.78. The van der Waals surface area contributed by atoms with Gasteiger partial charge in [0.2, 0.25) is 5.91 Å². The van der Waals surface area contributed by atoms with E-state index in [2.05, 4.69) is 10.6 Å². The molecule has 3 aliphatic carbocycles. The number of hydrogen-bond acceptors (Lipinski definition) is 12. The summed E-state index contributed by atoms with van der Waals surface area (Å²) in [6.07, 6.45) is -0.704. The van der Waals surface area contributed by atoms with E-state index >= 15 is 0 Å². The predicted octanol–water partition coefficient (Wildman–Crippen LogP) is -1.67. The summed E-state index contributed by atoms with van der Waals surface area (Å²) < 4.78 is 0. The number of nitriles is 1. The number of nitrogens with two attached hydrogens (primary N) is 3. The highest BCUT2D eigenvalue weighted by atomic mass is 16.3. The van der Waals surface area contributed by atoms with Crippen LogP contribution in [0.4, 0.5) is 10.5 Å². The normalized spacial score (nSPS) is 30.7. The van der Waals surface area contributed by atoms with E-state index in [0.717, 1.165) is 0 Å². The fourth-order valence-corrected chi connectivity index (χ4v) is 7.38. The minimum absolute atomic E-state index is 0.169. The van der Waals surface area contributed by atoms with E-state index in [9.17, 15) is 39.1 Å². The van der Waals surface area contributed by atoms with Crippen molar-refractivity contribution >= 4 is 40.8 Å². The van der Waals surface area contributed by atoms with E-state index in [-0.39, 0.29) is 30.0 Å². The van der Waals surface area contributed by atoms with Crippen molar-refractivity contribution in [2.75, 3.05) is 39.6 Å². The Morgan fingerprint density at radius 1 is 1.11 bits per heavy atom. The fraction of sp³-hybridized carbons (Fsp3) is 0.567. The molecule has 0 aromatic heterocycles. The number of nitrogens with one attached hydrogen (secondary N) is 2. The monoisotopic (exact) mass is 624 g/mol. The Balaban J connectivity index is 1.91. The van der Waals surface area contributed by atoms with Crippen LogP contribution in [0.25, 0.3) is 0 Å². The summed E-state index contributed by atoms with van der Waals surface area (Å²) >= 11 is 0. The van der Waals surface area contributed by atoms with Gasteiger partial charge in [0.25, 0.3) is 0 Å². The lowest BCUT2D eigenvalue weighted by Crippen LogP contribution is -2.85. The Kier molecular flexibility index (Phi) is 8.34. The van der Waals surface area contributed by atoms with E-state index in [1.165, 1.54) is 19.0 Å². The molecule has 0 bridgehead atoms. The third-order valence-electron chi connectivity index (χ3n) is 9.24. The number of phenolic OH excluding ortho intramolecular Hbond substituents is 1. The van der Waals surface area contributed by atoms with Crippen LogP contribution in [0, 0.1) is 34.5 Å². The smallest absolute Gasteiger partial charge is 0.315 e. The van der Waals surface area contributed by atoms with Crippen LogP contribution >= 0.6 is 0 Å². The number of carbonyl (C=O) groups excluding carboxylic acids is 6. The number of amides is 3. The molecule has 0 radical (unpaired) electrons. The third-order valence-corrected chi connectivity index (χ3v) is 9.24. The van der Waals surface area contributed by atoms with E-state index in [1.807, 2.05) is 13.8 Å². The van der Waals surface area contributed by atoms with Crippen LogP contribution in [-0.4, -0.2) is 96.9 Å². The van der Waals surface area contributed by atoms with Crippen molar-refractivity contribution in [3.8, 4) is 11.8 Å². The molecule has 0 spiro atoms. The summed E-state index contributed by atoms with van der Waals surface area (Å²) in [4.78, 5) is 84.0. The zero-order valence-electron chi connectivity index (χ0n) is 26.2. The highest BCUT2D eigenvalue weighted by Crippen LogP contribution is 2.57. The number of nitrogens with zero attached hydrogens (tertiary/aromatic N) is 3. The van der Waals surface area contributed by atoms with Gasteiger partial charge in [0.15, 0.2) is 34.5 Å². The van der Waals surface area contributed by atoms with Crippen LogP contribution in [0.3, 0.4) is 0 Å². The molecule has 242 valence electrons. The van der Waals surface area contributed by atoms with Gasteiger partial charge in [-0.05, 0) is 44.5 Å². The van der Waals surface area contributed by atoms with E-state index in [4.69, 9.17) is 17.2 Å². The topological polar surface area (TPSA) is 255 Å². The standard InChI is InChI=1S/C30H40N8O7/c1-13(2)9-35-27(45)36-10-14-7-16(37(3)4)15-8-28(33)11-30(34)23(38(5)6)22(41)18(26(32)44)24(42)29(30,12-31)25(43)19(28)21(40)17(15)20(14)39/h7,13,18-19,23,39H,8-11,33-34H2,1-6H3,(H2,32,44)(H2,35,36,45)/t18?,19?,23-,28-,29+,30-/m1/s1. The molecule has 0 heterocycles. The number of carbonyl (C=O) groups is 6. The average molecular weight is 625 g/mol. The minimum atomic E-state index is -2.83. The lowest BCUT2D eigenvalue weighted by Gasteiger charge is -2.60. The molecule has 9 N–H and O–H groups in total. The molecule has 15 nitrogen and oxygen atoms in total. The first-order chi connectivity index (χ1) is 20.8. The van der Waals surface area contributed by atoms with Gasteiger partial charge in [0.1, 0.15) is 11.7 Å². The van der Waals surface area contributed by atoms with E-state index < -0.39 is 81.6 Å². The molecule has 0 saturated heterocycles. The van der Waals surface area contributed by atoms with Crippen LogP contribution < -0.4 is 32.7 Å². The van der Waals surface area contributed by atoms with Gasteiger partial charge in [-0.25, -0.2) is 4.79 Å². The quantitative estimate of drug-likeness (QED) is 0.186. The molecule has 3 amide bonds. The number of Topliss-reactive ketones (excluding diaryl/α,β-unsaturated/α-hetero) is 4. The largest absolute Gasteiger partial charge is 0.507 e. The summed E-state index contributed by atoms with van der Waals surface area (Å²) in [6.45, 7) is 4.08.